The van der Waals surface area contributed by atoms with Crippen LogP contribution in [0.2, 0.25) is 0 Å². The van der Waals surface area contributed by atoms with Gasteiger partial charge in [0.15, 0.2) is 0 Å². The van der Waals surface area contributed by atoms with E-state index in [-0.39, 0.29) is 10.8 Å². The first-order chi connectivity index (χ1) is 26.7. The van der Waals surface area contributed by atoms with Crippen molar-refractivity contribution in [2.24, 2.45) is 27.1 Å². The molecule has 0 aliphatic heterocycles. The van der Waals surface area contributed by atoms with E-state index in [9.17, 15) is 9.59 Å². The first kappa shape index (κ1) is 42.3. The Bertz CT molecular complexity index is 1680. The second-order valence-electron chi connectivity index (χ2n) is 16.1. The summed E-state index contributed by atoms with van der Waals surface area (Å²) in [6, 6.07) is 13.5. The molecule has 0 bridgehead atoms. The van der Waals surface area contributed by atoms with Crippen molar-refractivity contribution in [3.8, 4) is 0 Å². The van der Waals surface area contributed by atoms with Crippen LogP contribution >= 0.6 is 0 Å². The maximum atomic E-state index is 13.1. The number of rotatable bonds is 18. The molecule has 1 unspecified atom stereocenters. The molecule has 3 aromatic rings. The van der Waals surface area contributed by atoms with Crippen LogP contribution in [0.5, 0.6) is 0 Å². The monoisotopic (exact) mass is 756 g/mol. The fourth-order valence-corrected chi connectivity index (χ4v) is 9.55. The number of fused-ring (bicyclic) bond motifs is 3. The zero-order valence-corrected chi connectivity index (χ0v) is 35.3. The third-order valence-electron chi connectivity index (χ3n) is 13.3. The van der Waals surface area contributed by atoms with Gasteiger partial charge in [0.1, 0.15) is 0 Å². The fourth-order valence-electron chi connectivity index (χ4n) is 9.55. The molecule has 0 spiro atoms. The fraction of sp³-hybridized carbons (Fsp3) is 0.652. The molecule has 55 heavy (non-hydrogen) atoms. The normalized spacial score (nSPS) is 17.5. The molecule has 2 aromatic carbocycles. The standard InChI is InChI=1S/C46H69N5O4/c1-9-17-22-34(10-2)33-51-39-25-23-35(41(45(11-3)27-18-19-28-45)47-54-43(52)49(13-5)14-6)31-37(39)38-32-36(24-26-40(38)51)42(46(12-4)29-20-21-30-46)48-55-44(53)50(15-7)16-8/h23-26,31-32,34H,9-22,27-30,33H2,1-8H3/b47-41-,48-42-. The van der Waals surface area contributed by atoms with Gasteiger partial charge in [-0.15, -0.1) is 0 Å². The number of hydrogen-bond acceptors (Lipinski definition) is 6. The first-order valence-electron chi connectivity index (χ1n) is 21.8. The van der Waals surface area contributed by atoms with Gasteiger partial charge in [0.05, 0.1) is 11.4 Å². The molecule has 0 saturated heterocycles. The van der Waals surface area contributed by atoms with Crippen LogP contribution in [0.4, 0.5) is 9.59 Å². The number of amides is 2. The first-order valence-corrected chi connectivity index (χ1v) is 21.8. The summed E-state index contributed by atoms with van der Waals surface area (Å²) in [5.41, 5.74) is 5.85. The summed E-state index contributed by atoms with van der Waals surface area (Å²) >= 11 is 0. The Morgan fingerprint density at radius 2 is 1.09 bits per heavy atom. The van der Waals surface area contributed by atoms with Crippen LogP contribution in [-0.2, 0) is 16.2 Å². The third-order valence-corrected chi connectivity index (χ3v) is 13.3. The Kier molecular flexibility index (Phi) is 14.8. The van der Waals surface area contributed by atoms with Crippen molar-refractivity contribution in [2.75, 3.05) is 26.2 Å². The number of oxime groups is 2. The molecule has 2 saturated carbocycles. The Labute approximate surface area is 330 Å². The summed E-state index contributed by atoms with van der Waals surface area (Å²) in [5.74, 6) is 0.565. The van der Waals surface area contributed by atoms with E-state index in [0.717, 1.165) is 110 Å². The summed E-state index contributed by atoms with van der Waals surface area (Å²) < 4.78 is 2.52. The van der Waals surface area contributed by atoms with Crippen LogP contribution in [-0.4, -0.2) is 64.2 Å². The number of carbonyl (C=O) groups is 2. The van der Waals surface area contributed by atoms with E-state index in [4.69, 9.17) is 20.0 Å². The average Bonchev–Trinajstić information content (AvgIpc) is 3.97. The number of aromatic nitrogens is 1. The highest BCUT2D eigenvalue weighted by molar-refractivity contribution is 6.15. The van der Waals surface area contributed by atoms with Gasteiger partial charge in [0.2, 0.25) is 0 Å². The van der Waals surface area contributed by atoms with Crippen molar-refractivity contribution in [3.63, 3.8) is 0 Å². The minimum Gasteiger partial charge on any atom is -0.340 e. The highest BCUT2D eigenvalue weighted by atomic mass is 16.7. The minimum absolute atomic E-state index is 0.154. The van der Waals surface area contributed by atoms with Crippen LogP contribution in [0.1, 0.15) is 156 Å². The Balaban J connectivity index is 1.73. The number of unbranched alkanes of at least 4 members (excludes halogenated alkanes) is 1. The maximum Gasteiger partial charge on any atom is 0.435 e. The molecular weight excluding hydrogens is 687 g/mol. The molecule has 302 valence electrons. The minimum atomic E-state index is -0.406. The zero-order valence-electron chi connectivity index (χ0n) is 35.3. The van der Waals surface area contributed by atoms with Crippen molar-refractivity contribution in [2.45, 2.75) is 152 Å². The smallest absolute Gasteiger partial charge is 0.340 e. The number of benzene rings is 2. The molecule has 1 aromatic heterocycles. The van der Waals surface area contributed by atoms with E-state index >= 15 is 0 Å². The van der Waals surface area contributed by atoms with Crippen LogP contribution < -0.4 is 0 Å². The zero-order chi connectivity index (χ0) is 39.6. The molecule has 9 nitrogen and oxygen atoms in total. The second kappa shape index (κ2) is 19.3. The lowest BCUT2D eigenvalue weighted by molar-refractivity contribution is 0.107. The molecular formula is C46H69N5O4. The SMILES string of the molecule is CCCCC(CC)Cn1c2ccc(/C(=N/OC(=O)N(CC)CC)C3(CC)CCCC3)cc2c2cc(/C(=N/OC(=O)N(CC)CC)C3(CC)CCCC3)ccc21. The molecule has 2 amide bonds. The predicted molar refractivity (Wildman–Crippen MR) is 227 cm³/mol. The van der Waals surface area contributed by atoms with Gasteiger partial charge in [-0.2, -0.15) is 0 Å². The van der Waals surface area contributed by atoms with Gasteiger partial charge in [0.25, 0.3) is 0 Å². The molecule has 0 radical (unpaired) electrons. The van der Waals surface area contributed by atoms with Gasteiger partial charge in [0, 0.05) is 76.5 Å². The molecule has 9 heteroatoms. The summed E-state index contributed by atoms with van der Waals surface area (Å²) in [4.78, 5) is 41.1. The Hall–Kier alpha value is -3.88. The lowest BCUT2D eigenvalue weighted by Gasteiger charge is -2.29. The molecule has 1 atom stereocenters. The molecule has 5 rings (SSSR count). The van der Waals surface area contributed by atoms with Gasteiger partial charge in [-0.3, -0.25) is 9.68 Å². The quantitative estimate of drug-likeness (QED) is 0.0734. The van der Waals surface area contributed by atoms with E-state index in [0.29, 0.717) is 32.1 Å². The van der Waals surface area contributed by atoms with Crippen molar-refractivity contribution in [3.05, 3.63) is 47.5 Å². The van der Waals surface area contributed by atoms with E-state index in [1.54, 1.807) is 9.80 Å². The molecule has 1 heterocycles. The van der Waals surface area contributed by atoms with Gasteiger partial charge in [-0.25, -0.2) is 9.59 Å². The average molecular weight is 756 g/mol. The molecule has 2 aliphatic carbocycles. The second-order valence-corrected chi connectivity index (χ2v) is 16.1. The summed E-state index contributed by atoms with van der Waals surface area (Å²) in [5, 5.41) is 11.8. The van der Waals surface area contributed by atoms with Crippen molar-refractivity contribution in [1.29, 1.82) is 0 Å². The largest absolute Gasteiger partial charge is 0.435 e. The lowest BCUT2D eigenvalue weighted by atomic mass is 9.75. The van der Waals surface area contributed by atoms with Gasteiger partial charge >= 0.3 is 12.2 Å². The number of nitrogens with zero attached hydrogens (tertiary/aromatic N) is 5. The molecule has 2 aliphatic rings. The summed E-state index contributed by atoms with van der Waals surface area (Å²) in [6.07, 6.45) is 14.4. The third kappa shape index (κ3) is 8.91. The maximum absolute atomic E-state index is 13.1. The van der Waals surface area contributed by atoms with Crippen LogP contribution in [0, 0.1) is 16.7 Å². The van der Waals surface area contributed by atoms with E-state index in [2.05, 4.69) is 68.7 Å². The lowest BCUT2D eigenvalue weighted by Crippen LogP contribution is -2.32. The van der Waals surface area contributed by atoms with E-state index in [1.807, 2.05) is 27.7 Å². The summed E-state index contributed by atoms with van der Waals surface area (Å²) in [7, 11) is 0. The van der Waals surface area contributed by atoms with Crippen molar-refractivity contribution in [1.82, 2.24) is 14.4 Å². The number of carbonyl (C=O) groups excluding carboxylic acids is 2. The van der Waals surface area contributed by atoms with Gasteiger partial charge in [-0.05, 0) is 103 Å². The van der Waals surface area contributed by atoms with Crippen LogP contribution in [0.3, 0.4) is 0 Å². The van der Waals surface area contributed by atoms with E-state index < -0.39 is 12.2 Å². The summed E-state index contributed by atoms with van der Waals surface area (Å²) in [6.45, 7) is 20.1. The molecule has 0 N–H and O–H groups in total. The Morgan fingerprint density at radius 1 is 0.673 bits per heavy atom. The van der Waals surface area contributed by atoms with E-state index in [1.165, 1.54) is 30.3 Å². The van der Waals surface area contributed by atoms with Gasteiger partial charge < -0.3 is 14.4 Å². The van der Waals surface area contributed by atoms with Crippen LogP contribution in [0.25, 0.3) is 21.8 Å². The van der Waals surface area contributed by atoms with Gasteiger partial charge in [-0.1, -0.05) is 95.1 Å². The van der Waals surface area contributed by atoms with Crippen molar-refractivity contribution < 1.29 is 19.3 Å². The topological polar surface area (TPSA) is 88.7 Å². The highest BCUT2D eigenvalue weighted by Gasteiger charge is 2.40. The predicted octanol–water partition coefficient (Wildman–Crippen LogP) is 12.3. The highest BCUT2D eigenvalue weighted by Crippen LogP contribution is 2.47. The Morgan fingerprint density at radius 3 is 1.44 bits per heavy atom. The number of hydrogen-bond donors (Lipinski definition) is 0. The molecule has 2 fully saturated rings. The van der Waals surface area contributed by atoms with Crippen molar-refractivity contribution >= 4 is 45.4 Å². The van der Waals surface area contributed by atoms with Crippen LogP contribution in [0.15, 0.2) is 46.7 Å².